The zero-order valence-corrected chi connectivity index (χ0v) is 14.2. The minimum atomic E-state index is 0.0469. The summed E-state index contributed by atoms with van der Waals surface area (Å²) in [6, 6.07) is 10.7. The quantitative estimate of drug-likeness (QED) is 0.590. The van der Waals surface area contributed by atoms with E-state index in [9.17, 15) is 0 Å². The highest BCUT2D eigenvalue weighted by Crippen LogP contribution is 2.25. The molecule has 1 aromatic heterocycles. The molecule has 0 aliphatic heterocycles. The lowest BCUT2D eigenvalue weighted by atomic mass is 10.0. The minimum absolute atomic E-state index is 0.0469. The third-order valence-electron chi connectivity index (χ3n) is 3.88. The fourth-order valence-corrected chi connectivity index (χ4v) is 3.14. The highest BCUT2D eigenvalue weighted by Gasteiger charge is 2.16. The van der Waals surface area contributed by atoms with Crippen molar-refractivity contribution in [2.24, 2.45) is 5.84 Å². The van der Waals surface area contributed by atoms with Gasteiger partial charge in [0.05, 0.1) is 17.8 Å². The lowest BCUT2D eigenvalue weighted by Gasteiger charge is -2.17. The second kappa shape index (κ2) is 7.73. The van der Waals surface area contributed by atoms with Crippen molar-refractivity contribution in [1.82, 2.24) is 15.2 Å². The van der Waals surface area contributed by atoms with Crippen LogP contribution >= 0.6 is 15.9 Å². The van der Waals surface area contributed by atoms with Crippen LogP contribution in [0.1, 0.15) is 50.0 Å². The van der Waals surface area contributed by atoms with Gasteiger partial charge in [-0.2, -0.15) is 5.10 Å². The molecular formula is C16H23BrN4. The Labute approximate surface area is 134 Å². The molecule has 0 amide bonds. The molecule has 1 atom stereocenters. The third kappa shape index (κ3) is 3.93. The molecule has 0 radical (unpaired) electrons. The molecule has 5 heteroatoms. The van der Waals surface area contributed by atoms with Crippen molar-refractivity contribution >= 4 is 15.9 Å². The smallest absolute Gasteiger partial charge is 0.0644 e. The average molecular weight is 351 g/mol. The van der Waals surface area contributed by atoms with E-state index < -0.39 is 0 Å². The van der Waals surface area contributed by atoms with Crippen LogP contribution < -0.4 is 11.3 Å². The van der Waals surface area contributed by atoms with E-state index in [0.717, 1.165) is 35.0 Å². The number of hydrazine groups is 1. The lowest BCUT2D eigenvalue weighted by Crippen LogP contribution is -2.30. The van der Waals surface area contributed by atoms with Crippen LogP contribution in [0.5, 0.6) is 0 Å². The highest BCUT2D eigenvalue weighted by atomic mass is 79.9. The third-order valence-corrected chi connectivity index (χ3v) is 4.60. The van der Waals surface area contributed by atoms with Crippen molar-refractivity contribution in [3.63, 3.8) is 0 Å². The van der Waals surface area contributed by atoms with E-state index in [2.05, 4.69) is 58.2 Å². The Balaban J connectivity index is 2.14. The van der Waals surface area contributed by atoms with Crippen LogP contribution in [-0.2, 0) is 6.42 Å². The molecule has 0 saturated carbocycles. The Bertz CT molecular complexity index is 563. The second-order valence-corrected chi connectivity index (χ2v) is 6.06. The van der Waals surface area contributed by atoms with Gasteiger partial charge in [-0.3, -0.25) is 16.0 Å². The average Bonchev–Trinajstić information content (AvgIpc) is 2.95. The fourth-order valence-electron chi connectivity index (χ4n) is 2.58. The summed E-state index contributed by atoms with van der Waals surface area (Å²) >= 11 is 3.58. The summed E-state index contributed by atoms with van der Waals surface area (Å²) in [5.41, 5.74) is 5.10. The maximum atomic E-state index is 5.74. The van der Waals surface area contributed by atoms with Crippen molar-refractivity contribution < 1.29 is 0 Å². The first kappa shape index (κ1) is 16.2. The van der Waals surface area contributed by atoms with Crippen molar-refractivity contribution in [2.45, 2.75) is 45.2 Å². The molecule has 21 heavy (non-hydrogen) atoms. The predicted molar refractivity (Wildman–Crippen MR) is 89.8 cm³/mol. The summed E-state index contributed by atoms with van der Waals surface area (Å²) in [7, 11) is 0. The first-order valence-corrected chi connectivity index (χ1v) is 8.23. The number of nitrogens with zero attached hydrogens (tertiary/aromatic N) is 2. The zero-order valence-electron chi connectivity index (χ0n) is 12.6. The Morgan fingerprint density at radius 3 is 2.57 bits per heavy atom. The van der Waals surface area contributed by atoms with Crippen LogP contribution in [0.15, 0.2) is 41.0 Å². The summed E-state index contributed by atoms with van der Waals surface area (Å²) in [6.07, 6.45) is 5.04. The standard InChI is InChI=1S/C16H23BrN4/c1-3-13(4-2)21-10-9-12(20-21)11-16(19-18)14-7-5-6-8-15(14)17/h5-10,13,16,19H,3-4,11,18H2,1-2H3. The van der Waals surface area contributed by atoms with Crippen LogP contribution in [-0.4, -0.2) is 9.78 Å². The summed E-state index contributed by atoms with van der Waals surface area (Å²) in [6.45, 7) is 4.39. The van der Waals surface area contributed by atoms with Gasteiger partial charge >= 0.3 is 0 Å². The van der Waals surface area contributed by atoms with Crippen molar-refractivity contribution in [2.75, 3.05) is 0 Å². The van der Waals surface area contributed by atoms with E-state index in [-0.39, 0.29) is 6.04 Å². The lowest BCUT2D eigenvalue weighted by molar-refractivity contribution is 0.422. The van der Waals surface area contributed by atoms with Gasteiger partial charge in [-0.25, -0.2) is 0 Å². The molecule has 0 bridgehead atoms. The van der Waals surface area contributed by atoms with Gasteiger partial charge in [0.1, 0.15) is 0 Å². The molecule has 114 valence electrons. The molecule has 3 N–H and O–H groups in total. The Morgan fingerprint density at radius 2 is 1.95 bits per heavy atom. The molecule has 1 aromatic carbocycles. The van der Waals surface area contributed by atoms with Crippen LogP contribution in [0.4, 0.5) is 0 Å². The molecule has 0 aliphatic rings. The van der Waals surface area contributed by atoms with Crippen molar-refractivity contribution in [1.29, 1.82) is 0 Å². The van der Waals surface area contributed by atoms with Gasteiger partial charge < -0.3 is 0 Å². The maximum Gasteiger partial charge on any atom is 0.0644 e. The molecule has 0 aliphatic carbocycles. The van der Waals surface area contributed by atoms with E-state index in [0.29, 0.717) is 6.04 Å². The van der Waals surface area contributed by atoms with Crippen LogP contribution in [0, 0.1) is 0 Å². The zero-order chi connectivity index (χ0) is 15.2. The van der Waals surface area contributed by atoms with E-state index in [1.807, 2.05) is 18.2 Å². The summed E-state index contributed by atoms with van der Waals surface area (Å²) in [4.78, 5) is 0. The molecule has 4 nitrogen and oxygen atoms in total. The largest absolute Gasteiger partial charge is 0.271 e. The number of rotatable bonds is 7. The first-order chi connectivity index (χ1) is 10.2. The highest BCUT2D eigenvalue weighted by molar-refractivity contribution is 9.10. The number of hydrogen-bond acceptors (Lipinski definition) is 3. The van der Waals surface area contributed by atoms with Crippen LogP contribution in [0.3, 0.4) is 0 Å². The van der Waals surface area contributed by atoms with Crippen molar-refractivity contribution in [3.05, 3.63) is 52.3 Å². The minimum Gasteiger partial charge on any atom is -0.271 e. The molecule has 2 aromatic rings. The summed E-state index contributed by atoms with van der Waals surface area (Å²) in [5.74, 6) is 5.74. The molecule has 2 rings (SSSR count). The topological polar surface area (TPSA) is 55.9 Å². The summed E-state index contributed by atoms with van der Waals surface area (Å²) < 4.78 is 3.13. The Morgan fingerprint density at radius 1 is 1.24 bits per heavy atom. The molecule has 1 unspecified atom stereocenters. The van der Waals surface area contributed by atoms with Gasteiger partial charge in [0, 0.05) is 17.1 Å². The number of nitrogens with two attached hydrogens (primary N) is 1. The fraction of sp³-hybridized carbons (Fsp3) is 0.438. The summed E-state index contributed by atoms with van der Waals surface area (Å²) in [5, 5.41) is 4.70. The molecule has 0 fully saturated rings. The maximum absolute atomic E-state index is 5.74. The van der Waals surface area contributed by atoms with E-state index in [1.165, 1.54) is 0 Å². The van der Waals surface area contributed by atoms with E-state index in [4.69, 9.17) is 10.9 Å². The van der Waals surface area contributed by atoms with Crippen LogP contribution in [0.2, 0.25) is 0 Å². The predicted octanol–water partition coefficient (Wildman–Crippen LogP) is 3.75. The number of aromatic nitrogens is 2. The van der Waals surface area contributed by atoms with Gasteiger partial charge in [-0.1, -0.05) is 48.0 Å². The molecular weight excluding hydrogens is 328 g/mol. The van der Waals surface area contributed by atoms with Gasteiger partial charge in [-0.05, 0) is 30.5 Å². The molecule has 1 heterocycles. The van der Waals surface area contributed by atoms with Gasteiger partial charge in [0.15, 0.2) is 0 Å². The molecule has 0 saturated heterocycles. The number of hydrogen-bond donors (Lipinski definition) is 2. The Hall–Kier alpha value is -1.17. The normalized spacial score (nSPS) is 12.8. The van der Waals surface area contributed by atoms with Gasteiger partial charge in [0.25, 0.3) is 0 Å². The van der Waals surface area contributed by atoms with E-state index >= 15 is 0 Å². The number of halogens is 1. The SMILES string of the molecule is CCC(CC)n1ccc(CC(NN)c2ccccc2Br)n1. The monoisotopic (exact) mass is 350 g/mol. The molecule has 0 spiro atoms. The van der Waals surface area contributed by atoms with E-state index in [1.54, 1.807) is 0 Å². The number of nitrogens with one attached hydrogen (secondary N) is 1. The van der Waals surface area contributed by atoms with Gasteiger partial charge in [-0.15, -0.1) is 0 Å². The first-order valence-electron chi connectivity index (χ1n) is 7.44. The second-order valence-electron chi connectivity index (χ2n) is 5.20. The van der Waals surface area contributed by atoms with Gasteiger partial charge in [0.2, 0.25) is 0 Å². The Kier molecular flexibility index (Phi) is 5.96. The van der Waals surface area contributed by atoms with Crippen LogP contribution in [0.25, 0.3) is 0 Å². The number of benzene rings is 1. The van der Waals surface area contributed by atoms with Crippen molar-refractivity contribution in [3.8, 4) is 0 Å².